The molecular weight excluding hydrogens is 357 g/mol. The van der Waals surface area contributed by atoms with Crippen LogP contribution in [-0.4, -0.2) is 72.3 Å². The number of carbonyl (C=O) groups excluding carboxylic acids is 2. The van der Waals surface area contributed by atoms with Crippen LogP contribution in [0.2, 0.25) is 5.02 Å². The lowest BCUT2D eigenvalue weighted by Crippen LogP contribution is -2.51. The Morgan fingerprint density at radius 3 is 2.38 bits per heavy atom. The molecule has 2 heterocycles. The van der Waals surface area contributed by atoms with Crippen LogP contribution in [-0.2, 0) is 9.59 Å². The minimum atomic E-state index is -0.477. The fourth-order valence-electron chi connectivity index (χ4n) is 3.27. The number of benzene rings is 1. The molecule has 2 saturated heterocycles. The van der Waals surface area contributed by atoms with Crippen LogP contribution in [0.5, 0.6) is 0 Å². The SMILES string of the molecule is O=C(/C=C/c1ccc(F)c(Cl)c1)N1CCN(CC(=O)N2CCCC2)CC1. The molecule has 1 aromatic carbocycles. The molecule has 0 unspecified atom stereocenters. The highest BCUT2D eigenvalue weighted by Gasteiger charge is 2.24. The Hall–Kier alpha value is -1.92. The van der Waals surface area contributed by atoms with Gasteiger partial charge < -0.3 is 9.80 Å². The number of likely N-dealkylation sites (tertiary alicyclic amines) is 1. The molecule has 0 aromatic heterocycles. The number of carbonyl (C=O) groups is 2. The highest BCUT2D eigenvalue weighted by Crippen LogP contribution is 2.17. The third-order valence-electron chi connectivity index (χ3n) is 4.86. The van der Waals surface area contributed by atoms with Crippen LogP contribution >= 0.6 is 11.6 Å². The van der Waals surface area contributed by atoms with Crippen LogP contribution in [0.1, 0.15) is 18.4 Å². The molecule has 2 amide bonds. The predicted octanol–water partition coefficient (Wildman–Crippen LogP) is 2.26. The third-order valence-corrected chi connectivity index (χ3v) is 5.15. The van der Waals surface area contributed by atoms with Gasteiger partial charge >= 0.3 is 0 Å². The van der Waals surface area contributed by atoms with Crippen LogP contribution in [0, 0.1) is 5.82 Å². The number of nitrogens with zero attached hydrogens (tertiary/aromatic N) is 3. The molecular formula is C19H23ClFN3O2. The average molecular weight is 380 g/mol. The molecule has 0 radical (unpaired) electrons. The topological polar surface area (TPSA) is 43.9 Å². The van der Waals surface area contributed by atoms with Gasteiger partial charge in [-0.15, -0.1) is 0 Å². The molecule has 7 heteroatoms. The van der Waals surface area contributed by atoms with E-state index < -0.39 is 5.82 Å². The Kier molecular flexibility index (Phi) is 6.27. The van der Waals surface area contributed by atoms with Crippen LogP contribution in [0.4, 0.5) is 4.39 Å². The summed E-state index contributed by atoms with van der Waals surface area (Å²) in [7, 11) is 0. The summed E-state index contributed by atoms with van der Waals surface area (Å²) in [5.41, 5.74) is 0.680. The van der Waals surface area contributed by atoms with Gasteiger partial charge in [-0.05, 0) is 36.6 Å². The molecule has 26 heavy (non-hydrogen) atoms. The van der Waals surface area contributed by atoms with E-state index in [1.165, 1.54) is 18.2 Å². The van der Waals surface area contributed by atoms with Crippen molar-refractivity contribution < 1.29 is 14.0 Å². The molecule has 1 aromatic rings. The van der Waals surface area contributed by atoms with Crippen molar-refractivity contribution in [1.29, 1.82) is 0 Å². The Morgan fingerprint density at radius 1 is 1.04 bits per heavy atom. The van der Waals surface area contributed by atoms with Gasteiger partial charge in [0.1, 0.15) is 5.82 Å². The maximum atomic E-state index is 13.2. The second-order valence-electron chi connectivity index (χ2n) is 6.70. The van der Waals surface area contributed by atoms with E-state index in [1.807, 2.05) is 4.90 Å². The molecule has 3 rings (SSSR count). The summed E-state index contributed by atoms with van der Waals surface area (Å²) >= 11 is 5.74. The zero-order chi connectivity index (χ0) is 18.5. The van der Waals surface area contributed by atoms with Gasteiger partial charge in [0.15, 0.2) is 0 Å². The normalized spacial score (nSPS) is 18.7. The van der Waals surface area contributed by atoms with Gasteiger partial charge in [0, 0.05) is 45.3 Å². The van der Waals surface area contributed by atoms with Gasteiger partial charge in [0.2, 0.25) is 11.8 Å². The van der Waals surface area contributed by atoms with Crippen molar-refractivity contribution in [3.63, 3.8) is 0 Å². The first-order chi connectivity index (χ1) is 12.5. The minimum Gasteiger partial charge on any atom is -0.342 e. The van der Waals surface area contributed by atoms with E-state index in [-0.39, 0.29) is 16.8 Å². The second-order valence-corrected chi connectivity index (χ2v) is 7.10. The first-order valence-electron chi connectivity index (χ1n) is 8.95. The Bertz CT molecular complexity index is 696. The Balaban J connectivity index is 1.46. The summed E-state index contributed by atoms with van der Waals surface area (Å²) in [5, 5.41) is 0.0379. The summed E-state index contributed by atoms with van der Waals surface area (Å²) < 4.78 is 13.2. The lowest BCUT2D eigenvalue weighted by molar-refractivity contribution is -0.132. The van der Waals surface area contributed by atoms with Gasteiger partial charge in [-0.25, -0.2) is 4.39 Å². The standard InChI is InChI=1S/C19H23ClFN3O2/c20-16-13-15(3-5-17(16)21)4-6-18(25)24-11-9-22(10-12-24)14-19(26)23-7-1-2-8-23/h3-6,13H,1-2,7-12,14H2/b6-4+. The van der Waals surface area contributed by atoms with E-state index in [0.717, 1.165) is 25.9 Å². The lowest BCUT2D eigenvalue weighted by atomic mass is 10.2. The van der Waals surface area contributed by atoms with Crippen molar-refractivity contribution in [1.82, 2.24) is 14.7 Å². The van der Waals surface area contributed by atoms with Gasteiger partial charge in [-0.2, -0.15) is 0 Å². The van der Waals surface area contributed by atoms with Gasteiger partial charge in [0.25, 0.3) is 0 Å². The second kappa shape index (κ2) is 8.64. The Morgan fingerprint density at radius 2 is 1.73 bits per heavy atom. The molecule has 0 saturated carbocycles. The highest BCUT2D eigenvalue weighted by molar-refractivity contribution is 6.30. The predicted molar refractivity (Wildman–Crippen MR) is 99.3 cm³/mol. The van der Waals surface area contributed by atoms with Crippen molar-refractivity contribution in [3.8, 4) is 0 Å². The molecule has 0 aliphatic carbocycles. The van der Waals surface area contributed by atoms with E-state index in [4.69, 9.17) is 11.6 Å². The number of hydrogen-bond acceptors (Lipinski definition) is 3. The smallest absolute Gasteiger partial charge is 0.246 e. The maximum absolute atomic E-state index is 13.2. The minimum absolute atomic E-state index is 0.0379. The van der Waals surface area contributed by atoms with Crippen LogP contribution in [0.15, 0.2) is 24.3 Å². The number of halogens is 2. The lowest BCUT2D eigenvalue weighted by Gasteiger charge is -2.34. The summed E-state index contributed by atoms with van der Waals surface area (Å²) in [6.07, 6.45) is 5.31. The molecule has 2 aliphatic rings. The summed E-state index contributed by atoms with van der Waals surface area (Å²) in [6, 6.07) is 4.35. The largest absolute Gasteiger partial charge is 0.342 e. The monoisotopic (exact) mass is 379 g/mol. The number of piperazine rings is 1. The molecule has 0 N–H and O–H groups in total. The fourth-order valence-corrected chi connectivity index (χ4v) is 3.46. The van der Waals surface area contributed by atoms with E-state index in [0.29, 0.717) is 38.3 Å². The van der Waals surface area contributed by atoms with Crippen molar-refractivity contribution in [2.75, 3.05) is 45.8 Å². The van der Waals surface area contributed by atoms with Gasteiger partial charge in [-0.3, -0.25) is 14.5 Å². The van der Waals surface area contributed by atoms with E-state index in [1.54, 1.807) is 17.0 Å². The highest BCUT2D eigenvalue weighted by atomic mass is 35.5. The Labute approximate surface area is 158 Å². The van der Waals surface area contributed by atoms with Crippen molar-refractivity contribution >= 4 is 29.5 Å². The number of hydrogen-bond donors (Lipinski definition) is 0. The molecule has 0 atom stereocenters. The van der Waals surface area contributed by atoms with E-state index >= 15 is 0 Å². The molecule has 140 valence electrons. The summed E-state index contributed by atoms with van der Waals surface area (Å²) in [4.78, 5) is 30.3. The first kappa shape index (κ1) is 18.9. The molecule has 2 fully saturated rings. The molecule has 0 bridgehead atoms. The van der Waals surface area contributed by atoms with Gasteiger partial charge in [0.05, 0.1) is 11.6 Å². The third kappa shape index (κ3) is 4.83. The summed E-state index contributed by atoms with van der Waals surface area (Å²) in [6.45, 7) is 4.77. The van der Waals surface area contributed by atoms with Crippen LogP contribution < -0.4 is 0 Å². The van der Waals surface area contributed by atoms with Crippen molar-refractivity contribution in [3.05, 3.63) is 40.7 Å². The zero-order valence-electron chi connectivity index (χ0n) is 14.7. The van der Waals surface area contributed by atoms with Gasteiger partial charge in [-0.1, -0.05) is 17.7 Å². The number of rotatable bonds is 4. The van der Waals surface area contributed by atoms with E-state index in [9.17, 15) is 14.0 Å². The summed E-state index contributed by atoms with van der Waals surface area (Å²) in [5.74, 6) is -0.374. The average Bonchev–Trinajstić information content (AvgIpc) is 3.18. The molecule has 0 spiro atoms. The first-order valence-corrected chi connectivity index (χ1v) is 9.33. The maximum Gasteiger partial charge on any atom is 0.246 e. The van der Waals surface area contributed by atoms with Crippen molar-refractivity contribution in [2.24, 2.45) is 0 Å². The molecule has 5 nitrogen and oxygen atoms in total. The van der Waals surface area contributed by atoms with Crippen molar-refractivity contribution in [2.45, 2.75) is 12.8 Å². The van der Waals surface area contributed by atoms with Crippen LogP contribution in [0.25, 0.3) is 6.08 Å². The van der Waals surface area contributed by atoms with Crippen LogP contribution in [0.3, 0.4) is 0 Å². The fraction of sp³-hybridized carbons (Fsp3) is 0.474. The zero-order valence-corrected chi connectivity index (χ0v) is 15.4. The number of amides is 2. The quantitative estimate of drug-likeness (QED) is 0.754. The molecule has 2 aliphatic heterocycles. The van der Waals surface area contributed by atoms with E-state index in [2.05, 4.69) is 4.90 Å².